The summed E-state index contributed by atoms with van der Waals surface area (Å²) in [4.78, 5) is 24.6. The van der Waals surface area contributed by atoms with E-state index in [9.17, 15) is 9.59 Å². The predicted molar refractivity (Wildman–Crippen MR) is 101 cm³/mol. The fourth-order valence-corrected chi connectivity index (χ4v) is 2.51. The van der Waals surface area contributed by atoms with Crippen molar-refractivity contribution in [3.63, 3.8) is 0 Å². The van der Waals surface area contributed by atoms with Crippen LogP contribution < -0.4 is 15.6 Å². The number of aromatic nitrogens is 2. The van der Waals surface area contributed by atoms with Crippen LogP contribution in [-0.2, 0) is 6.42 Å². The van der Waals surface area contributed by atoms with Crippen molar-refractivity contribution in [3.05, 3.63) is 77.6 Å². The molecule has 2 N–H and O–H groups in total. The van der Waals surface area contributed by atoms with Crippen molar-refractivity contribution in [2.75, 3.05) is 7.11 Å². The number of hydrogen-bond donors (Lipinski definition) is 2. The summed E-state index contributed by atoms with van der Waals surface area (Å²) in [5.74, 6) is -0.676. The number of aryl methyl sites for hydroxylation is 1. The second-order valence-corrected chi connectivity index (χ2v) is 5.78. The van der Waals surface area contributed by atoms with Gasteiger partial charge < -0.3 is 4.74 Å². The molecule has 3 aromatic rings. The van der Waals surface area contributed by atoms with Crippen molar-refractivity contribution in [2.45, 2.75) is 13.3 Å². The number of carbonyl (C=O) groups is 2. The van der Waals surface area contributed by atoms with Crippen LogP contribution in [0, 0.1) is 0 Å². The van der Waals surface area contributed by atoms with Gasteiger partial charge in [0, 0.05) is 5.56 Å². The number of nitrogens with one attached hydrogen (secondary N) is 2. The Balaban J connectivity index is 1.70. The van der Waals surface area contributed by atoms with Crippen LogP contribution in [0.5, 0.6) is 5.75 Å². The van der Waals surface area contributed by atoms with Gasteiger partial charge in [0.15, 0.2) is 11.4 Å². The van der Waals surface area contributed by atoms with Gasteiger partial charge in [0.2, 0.25) is 0 Å². The molecule has 0 saturated heterocycles. The summed E-state index contributed by atoms with van der Waals surface area (Å²) in [6.45, 7) is 2.04. The maximum atomic E-state index is 12.4. The van der Waals surface area contributed by atoms with Crippen LogP contribution in [0.25, 0.3) is 5.69 Å². The summed E-state index contributed by atoms with van der Waals surface area (Å²) in [5, 5.41) is 4.25. The van der Waals surface area contributed by atoms with E-state index in [4.69, 9.17) is 4.74 Å². The zero-order valence-corrected chi connectivity index (χ0v) is 15.1. The molecular weight excluding hydrogens is 344 g/mol. The van der Waals surface area contributed by atoms with E-state index in [1.807, 2.05) is 49.4 Å². The Hall–Kier alpha value is -3.61. The molecule has 0 aliphatic heterocycles. The molecule has 0 unspecified atom stereocenters. The number of hydrazine groups is 1. The van der Waals surface area contributed by atoms with Gasteiger partial charge in [0.1, 0.15) is 0 Å². The second kappa shape index (κ2) is 8.18. The van der Waals surface area contributed by atoms with E-state index < -0.39 is 11.8 Å². The third-order valence-electron chi connectivity index (χ3n) is 4.05. The van der Waals surface area contributed by atoms with Crippen molar-refractivity contribution in [3.8, 4) is 11.4 Å². The molecule has 2 amide bonds. The van der Waals surface area contributed by atoms with E-state index in [-0.39, 0.29) is 5.69 Å². The third kappa shape index (κ3) is 4.14. The number of carbonyl (C=O) groups excluding carboxylic acids is 2. The first-order valence-corrected chi connectivity index (χ1v) is 8.51. The van der Waals surface area contributed by atoms with E-state index in [1.165, 1.54) is 7.11 Å². The van der Waals surface area contributed by atoms with E-state index in [1.54, 1.807) is 23.0 Å². The van der Waals surface area contributed by atoms with Crippen molar-refractivity contribution in [1.29, 1.82) is 0 Å². The smallest absolute Gasteiger partial charge is 0.294 e. The van der Waals surface area contributed by atoms with Gasteiger partial charge in [-0.3, -0.25) is 20.4 Å². The summed E-state index contributed by atoms with van der Waals surface area (Å²) in [5.41, 5.74) is 7.21. The minimum Gasteiger partial charge on any atom is -0.493 e. The predicted octanol–water partition coefficient (Wildman–Crippen LogP) is 2.52. The lowest BCUT2D eigenvalue weighted by atomic mass is 10.1. The Morgan fingerprint density at radius 2 is 1.67 bits per heavy atom. The highest BCUT2D eigenvalue weighted by molar-refractivity contribution is 5.99. The van der Waals surface area contributed by atoms with Crippen molar-refractivity contribution >= 4 is 11.8 Å². The van der Waals surface area contributed by atoms with Gasteiger partial charge in [-0.2, -0.15) is 5.10 Å². The van der Waals surface area contributed by atoms with Gasteiger partial charge in [-0.1, -0.05) is 37.3 Å². The molecule has 7 heteroatoms. The standard InChI is InChI=1S/C20H20N4O3/c1-3-14-9-11-15(12-10-14)19(25)21-22-20(26)18-17(27-2)13-24(23-18)16-7-5-4-6-8-16/h4-13H,3H2,1-2H3,(H,21,25)(H,22,26). The molecule has 0 spiro atoms. The molecule has 7 nitrogen and oxygen atoms in total. The Morgan fingerprint density at radius 1 is 1.00 bits per heavy atom. The molecule has 0 saturated carbocycles. The first-order chi connectivity index (χ1) is 13.1. The van der Waals surface area contributed by atoms with E-state index >= 15 is 0 Å². The number of hydrogen-bond acceptors (Lipinski definition) is 4. The molecule has 0 bridgehead atoms. The molecule has 1 heterocycles. The van der Waals surface area contributed by atoms with Gasteiger partial charge in [-0.25, -0.2) is 4.68 Å². The molecular formula is C20H20N4O3. The van der Waals surface area contributed by atoms with Crippen LogP contribution in [-0.4, -0.2) is 28.7 Å². The second-order valence-electron chi connectivity index (χ2n) is 5.78. The number of nitrogens with zero attached hydrogens (tertiary/aromatic N) is 2. The van der Waals surface area contributed by atoms with Gasteiger partial charge in [0.05, 0.1) is 19.0 Å². The van der Waals surface area contributed by atoms with E-state index in [2.05, 4.69) is 16.0 Å². The maximum Gasteiger partial charge on any atom is 0.294 e. The summed E-state index contributed by atoms with van der Waals surface area (Å²) < 4.78 is 6.77. The van der Waals surface area contributed by atoms with Gasteiger partial charge in [-0.05, 0) is 36.2 Å². The number of rotatable bonds is 5. The average molecular weight is 364 g/mol. The highest BCUT2D eigenvalue weighted by atomic mass is 16.5. The SMILES string of the molecule is CCc1ccc(C(=O)NNC(=O)c2nn(-c3ccccc3)cc2OC)cc1. The molecule has 2 aromatic carbocycles. The number of methoxy groups -OCH3 is 1. The topological polar surface area (TPSA) is 85.3 Å². The highest BCUT2D eigenvalue weighted by Crippen LogP contribution is 2.19. The van der Waals surface area contributed by atoms with Crippen LogP contribution in [0.15, 0.2) is 60.8 Å². The minimum atomic E-state index is -0.569. The lowest BCUT2D eigenvalue weighted by Gasteiger charge is -2.07. The zero-order valence-electron chi connectivity index (χ0n) is 15.1. The van der Waals surface area contributed by atoms with Crippen LogP contribution in [0.4, 0.5) is 0 Å². The summed E-state index contributed by atoms with van der Waals surface area (Å²) >= 11 is 0. The number of amides is 2. The van der Waals surface area contributed by atoms with Crippen LogP contribution in [0.3, 0.4) is 0 Å². The summed E-state index contributed by atoms with van der Waals surface area (Å²) in [7, 11) is 1.46. The van der Waals surface area contributed by atoms with Crippen molar-refractivity contribution < 1.29 is 14.3 Å². The Bertz CT molecular complexity index is 934. The average Bonchev–Trinajstić information content (AvgIpc) is 3.17. The maximum absolute atomic E-state index is 12.4. The molecule has 27 heavy (non-hydrogen) atoms. The van der Waals surface area contributed by atoms with Crippen LogP contribution in [0.2, 0.25) is 0 Å². The molecule has 0 aliphatic carbocycles. The monoisotopic (exact) mass is 364 g/mol. The molecule has 0 radical (unpaired) electrons. The molecule has 0 fully saturated rings. The van der Waals surface area contributed by atoms with Crippen molar-refractivity contribution in [2.24, 2.45) is 0 Å². The molecule has 1 aromatic heterocycles. The third-order valence-corrected chi connectivity index (χ3v) is 4.05. The normalized spacial score (nSPS) is 10.3. The van der Waals surface area contributed by atoms with E-state index in [0.29, 0.717) is 11.3 Å². The summed E-state index contributed by atoms with van der Waals surface area (Å²) in [6, 6.07) is 16.5. The van der Waals surface area contributed by atoms with Crippen LogP contribution in [0.1, 0.15) is 33.3 Å². The zero-order chi connectivity index (χ0) is 19.2. The van der Waals surface area contributed by atoms with Gasteiger partial charge in [0.25, 0.3) is 11.8 Å². The summed E-state index contributed by atoms with van der Waals surface area (Å²) in [6.07, 6.45) is 2.50. The minimum absolute atomic E-state index is 0.0722. The fourth-order valence-electron chi connectivity index (χ4n) is 2.51. The van der Waals surface area contributed by atoms with Crippen molar-refractivity contribution in [1.82, 2.24) is 20.6 Å². The lowest BCUT2D eigenvalue weighted by molar-refractivity contribution is 0.0842. The number of para-hydroxylation sites is 1. The van der Waals surface area contributed by atoms with E-state index in [0.717, 1.165) is 17.7 Å². The quantitative estimate of drug-likeness (QED) is 0.681. The lowest BCUT2D eigenvalue weighted by Crippen LogP contribution is -2.42. The largest absolute Gasteiger partial charge is 0.493 e. The number of ether oxygens (including phenoxy) is 1. The Morgan fingerprint density at radius 3 is 2.30 bits per heavy atom. The first-order valence-electron chi connectivity index (χ1n) is 8.51. The Kier molecular flexibility index (Phi) is 5.51. The number of benzene rings is 2. The van der Waals surface area contributed by atoms with Gasteiger partial charge in [-0.15, -0.1) is 0 Å². The first kappa shape index (κ1) is 18.2. The van der Waals surface area contributed by atoms with Gasteiger partial charge >= 0.3 is 0 Å². The molecule has 0 atom stereocenters. The Labute approximate surface area is 156 Å². The fraction of sp³-hybridized carbons (Fsp3) is 0.150. The highest BCUT2D eigenvalue weighted by Gasteiger charge is 2.19. The van der Waals surface area contributed by atoms with Crippen LogP contribution >= 0.6 is 0 Å². The molecule has 138 valence electrons. The molecule has 0 aliphatic rings. The molecule has 3 rings (SSSR count).